The molecule has 21 heavy (non-hydrogen) atoms. The van der Waals surface area contributed by atoms with E-state index >= 15 is 0 Å². The van der Waals surface area contributed by atoms with Crippen molar-refractivity contribution in [3.8, 4) is 0 Å². The molecule has 0 radical (unpaired) electrons. The number of hydrogen-bond acceptors (Lipinski definition) is 4. The molecule has 1 aromatic rings. The lowest BCUT2D eigenvalue weighted by Crippen LogP contribution is -2.41. The van der Waals surface area contributed by atoms with Gasteiger partial charge in [0.1, 0.15) is 6.54 Å². The highest BCUT2D eigenvalue weighted by Crippen LogP contribution is 2.24. The molecule has 1 unspecified atom stereocenters. The molecule has 8 heteroatoms. The maximum Gasteiger partial charge on any atom is 0.322 e. The first-order valence-corrected chi connectivity index (χ1v) is 7.32. The van der Waals surface area contributed by atoms with Crippen LogP contribution in [0.3, 0.4) is 0 Å². The van der Waals surface area contributed by atoms with E-state index in [0.29, 0.717) is 5.02 Å². The third kappa shape index (κ3) is 7.01. The van der Waals surface area contributed by atoms with Gasteiger partial charge in [0, 0.05) is 9.92 Å². The molecule has 0 aliphatic rings. The summed E-state index contributed by atoms with van der Waals surface area (Å²) in [7, 11) is 0. The topological polar surface area (TPSA) is 95.5 Å². The van der Waals surface area contributed by atoms with Gasteiger partial charge in [-0.2, -0.15) is 0 Å². The molecule has 6 nitrogen and oxygen atoms in total. The number of nitrogens with one attached hydrogen (secondary N) is 2. The lowest BCUT2D eigenvalue weighted by atomic mass is 10.4. The summed E-state index contributed by atoms with van der Waals surface area (Å²) in [5, 5.41) is 13.2. The van der Waals surface area contributed by atoms with E-state index < -0.39 is 23.7 Å². The first-order chi connectivity index (χ1) is 9.88. The third-order valence-electron chi connectivity index (χ3n) is 2.36. The zero-order valence-corrected chi connectivity index (χ0v) is 12.8. The van der Waals surface area contributed by atoms with E-state index in [2.05, 4.69) is 10.6 Å². The predicted octanol–water partition coefficient (Wildman–Crippen LogP) is 1.14. The van der Waals surface area contributed by atoms with Gasteiger partial charge in [-0.1, -0.05) is 11.6 Å². The molecule has 1 atom stereocenters. The number of carbonyl (C=O) groups is 3. The van der Waals surface area contributed by atoms with Crippen LogP contribution < -0.4 is 10.6 Å². The summed E-state index contributed by atoms with van der Waals surface area (Å²) < 4.78 is 0. The molecule has 2 amide bonds. The van der Waals surface area contributed by atoms with Gasteiger partial charge in [0.15, 0.2) is 0 Å². The molecule has 0 spiro atoms. The highest BCUT2D eigenvalue weighted by molar-refractivity contribution is 8.00. The molecule has 1 rings (SSSR count). The lowest BCUT2D eigenvalue weighted by molar-refractivity contribution is -0.137. The molecule has 0 bridgehead atoms. The Morgan fingerprint density at radius 1 is 1.19 bits per heavy atom. The van der Waals surface area contributed by atoms with E-state index in [4.69, 9.17) is 16.7 Å². The SMILES string of the molecule is CC(Sc1ccc(Cl)cc1)C(=O)NCC(=O)NCC(=O)O. The molecule has 114 valence electrons. The minimum Gasteiger partial charge on any atom is -0.480 e. The number of carboxylic acid groups (broad SMARTS) is 1. The van der Waals surface area contributed by atoms with E-state index in [1.54, 1.807) is 31.2 Å². The van der Waals surface area contributed by atoms with Crippen molar-refractivity contribution in [1.82, 2.24) is 10.6 Å². The van der Waals surface area contributed by atoms with Crippen molar-refractivity contribution in [2.75, 3.05) is 13.1 Å². The Morgan fingerprint density at radius 2 is 1.81 bits per heavy atom. The van der Waals surface area contributed by atoms with E-state index in [1.807, 2.05) is 0 Å². The third-order valence-corrected chi connectivity index (χ3v) is 3.72. The molecule has 0 aliphatic heterocycles. The minimum absolute atomic E-state index is 0.252. The van der Waals surface area contributed by atoms with Gasteiger partial charge >= 0.3 is 5.97 Å². The first kappa shape index (κ1) is 17.3. The molecule has 0 fully saturated rings. The van der Waals surface area contributed by atoms with Crippen molar-refractivity contribution in [2.45, 2.75) is 17.1 Å². The first-order valence-electron chi connectivity index (χ1n) is 6.07. The summed E-state index contributed by atoms with van der Waals surface area (Å²) >= 11 is 7.11. The van der Waals surface area contributed by atoms with E-state index in [9.17, 15) is 14.4 Å². The van der Waals surface area contributed by atoms with Crippen LogP contribution in [0.2, 0.25) is 5.02 Å². The van der Waals surface area contributed by atoms with Gasteiger partial charge < -0.3 is 15.7 Å². The van der Waals surface area contributed by atoms with Crippen LogP contribution in [0.1, 0.15) is 6.92 Å². The van der Waals surface area contributed by atoms with Gasteiger partial charge in [0.05, 0.1) is 11.8 Å². The van der Waals surface area contributed by atoms with Crippen LogP contribution in [0.15, 0.2) is 29.2 Å². The number of halogens is 1. The molecule has 0 saturated heterocycles. The number of hydrogen-bond donors (Lipinski definition) is 3. The van der Waals surface area contributed by atoms with Crippen LogP contribution in [0.5, 0.6) is 0 Å². The average Bonchev–Trinajstić information content (AvgIpc) is 2.44. The Kier molecular flexibility index (Phi) is 7.04. The number of carboxylic acids is 1. The lowest BCUT2D eigenvalue weighted by Gasteiger charge is -2.11. The number of benzene rings is 1. The quantitative estimate of drug-likeness (QED) is 0.652. The average molecular weight is 331 g/mol. The Bertz CT molecular complexity index is 521. The molecule has 0 aliphatic carbocycles. The standard InChI is InChI=1S/C13H15ClN2O4S/c1-8(21-10-4-2-9(14)3-5-10)13(20)16-6-11(17)15-7-12(18)19/h2-5,8H,6-7H2,1H3,(H,15,17)(H,16,20)(H,18,19). The molecule has 0 saturated carbocycles. The van der Waals surface area contributed by atoms with E-state index in [-0.39, 0.29) is 12.5 Å². The van der Waals surface area contributed by atoms with Crippen molar-refractivity contribution in [2.24, 2.45) is 0 Å². The van der Waals surface area contributed by atoms with E-state index in [1.165, 1.54) is 11.8 Å². The van der Waals surface area contributed by atoms with Crippen molar-refractivity contribution in [1.29, 1.82) is 0 Å². The van der Waals surface area contributed by atoms with Crippen LogP contribution >= 0.6 is 23.4 Å². The van der Waals surface area contributed by atoms with Crippen LogP contribution in [0.4, 0.5) is 0 Å². The number of aliphatic carboxylic acids is 1. The number of carbonyl (C=O) groups excluding carboxylic acids is 2. The second-order valence-corrected chi connectivity index (χ2v) is 5.95. The summed E-state index contributed by atoms with van der Waals surface area (Å²) in [5.41, 5.74) is 0. The van der Waals surface area contributed by atoms with Crippen LogP contribution in [-0.2, 0) is 14.4 Å². The summed E-state index contributed by atoms with van der Waals surface area (Å²) in [6.07, 6.45) is 0. The summed E-state index contributed by atoms with van der Waals surface area (Å²) in [5.74, 6) is -1.99. The van der Waals surface area contributed by atoms with Gasteiger partial charge in [-0.25, -0.2) is 0 Å². The normalized spacial score (nSPS) is 11.5. The maximum absolute atomic E-state index is 11.8. The van der Waals surface area contributed by atoms with Crippen LogP contribution in [-0.4, -0.2) is 41.2 Å². The van der Waals surface area contributed by atoms with Crippen LogP contribution in [0, 0.1) is 0 Å². The van der Waals surface area contributed by atoms with Gasteiger partial charge in [0.2, 0.25) is 11.8 Å². The summed E-state index contributed by atoms with van der Waals surface area (Å²) in [6.45, 7) is 0.991. The highest BCUT2D eigenvalue weighted by atomic mass is 35.5. The zero-order valence-electron chi connectivity index (χ0n) is 11.3. The van der Waals surface area contributed by atoms with E-state index in [0.717, 1.165) is 4.90 Å². The van der Waals surface area contributed by atoms with Gasteiger partial charge in [-0.15, -0.1) is 11.8 Å². The number of rotatable bonds is 7. The highest BCUT2D eigenvalue weighted by Gasteiger charge is 2.15. The monoisotopic (exact) mass is 330 g/mol. The van der Waals surface area contributed by atoms with Crippen molar-refractivity contribution in [3.05, 3.63) is 29.3 Å². The molecular weight excluding hydrogens is 316 g/mol. The van der Waals surface area contributed by atoms with Crippen LogP contribution in [0.25, 0.3) is 0 Å². The van der Waals surface area contributed by atoms with Gasteiger partial charge in [0.25, 0.3) is 0 Å². The minimum atomic E-state index is -1.14. The van der Waals surface area contributed by atoms with Gasteiger partial charge in [-0.3, -0.25) is 14.4 Å². The fourth-order valence-corrected chi connectivity index (χ4v) is 2.34. The fraction of sp³-hybridized carbons (Fsp3) is 0.308. The molecule has 1 aromatic carbocycles. The largest absolute Gasteiger partial charge is 0.480 e. The maximum atomic E-state index is 11.8. The Labute approximate surface area is 131 Å². The number of amides is 2. The Morgan fingerprint density at radius 3 is 2.38 bits per heavy atom. The Hall–Kier alpha value is -1.73. The molecule has 0 aromatic heterocycles. The second-order valence-electron chi connectivity index (χ2n) is 4.10. The van der Waals surface area contributed by atoms with Crippen molar-refractivity contribution in [3.63, 3.8) is 0 Å². The molecular formula is C13H15ClN2O4S. The second kappa shape index (κ2) is 8.53. The number of thioether (sulfide) groups is 1. The molecule has 0 heterocycles. The predicted molar refractivity (Wildman–Crippen MR) is 80.4 cm³/mol. The summed E-state index contributed by atoms with van der Waals surface area (Å²) in [4.78, 5) is 34.2. The fourth-order valence-electron chi connectivity index (χ4n) is 1.32. The van der Waals surface area contributed by atoms with Crippen molar-refractivity contribution < 1.29 is 19.5 Å². The molecule has 3 N–H and O–H groups in total. The summed E-state index contributed by atoms with van der Waals surface area (Å²) in [6, 6.07) is 7.06. The van der Waals surface area contributed by atoms with Gasteiger partial charge in [-0.05, 0) is 31.2 Å². The Balaban J connectivity index is 2.35. The smallest absolute Gasteiger partial charge is 0.322 e. The zero-order chi connectivity index (χ0) is 15.8. The van der Waals surface area contributed by atoms with Crippen molar-refractivity contribution >= 4 is 41.1 Å².